The Morgan fingerprint density at radius 1 is 1.26 bits per heavy atom. The molecule has 1 fully saturated rings. The number of likely N-dealkylation sites (N-methyl/N-ethyl adjacent to an activating group) is 1. The Morgan fingerprint density at radius 3 is 2.52 bits per heavy atom. The maximum absolute atomic E-state index is 12.1. The number of nitrogens with one attached hydrogen (secondary N) is 2. The Labute approximate surface area is 136 Å². The maximum atomic E-state index is 12.1. The topological polar surface area (TPSA) is 87.5 Å². The van der Waals surface area contributed by atoms with Gasteiger partial charge < -0.3 is 15.5 Å². The van der Waals surface area contributed by atoms with Crippen molar-refractivity contribution >= 4 is 17.4 Å². The number of carbonyl (C=O) groups is 1. The van der Waals surface area contributed by atoms with Crippen LogP contribution in [-0.2, 0) is 0 Å². The van der Waals surface area contributed by atoms with E-state index in [2.05, 4.69) is 15.5 Å². The van der Waals surface area contributed by atoms with Crippen molar-refractivity contribution in [1.29, 1.82) is 0 Å². The van der Waals surface area contributed by atoms with E-state index in [9.17, 15) is 14.9 Å². The van der Waals surface area contributed by atoms with Gasteiger partial charge in [-0.2, -0.15) is 0 Å². The average molecular weight is 320 g/mol. The molecule has 1 aliphatic rings. The van der Waals surface area contributed by atoms with Gasteiger partial charge in [-0.3, -0.25) is 10.1 Å². The van der Waals surface area contributed by atoms with Gasteiger partial charge in [-0.25, -0.2) is 4.79 Å². The molecule has 1 aromatic carbocycles. The highest BCUT2D eigenvalue weighted by Crippen LogP contribution is 2.31. The lowest BCUT2D eigenvalue weighted by atomic mass is 9.80. The third-order valence-corrected chi connectivity index (χ3v) is 4.66. The summed E-state index contributed by atoms with van der Waals surface area (Å²) in [6.45, 7) is 0.534. The van der Waals surface area contributed by atoms with Crippen LogP contribution < -0.4 is 10.6 Å². The first-order chi connectivity index (χ1) is 10.9. The largest absolute Gasteiger partial charge is 0.336 e. The van der Waals surface area contributed by atoms with E-state index in [1.165, 1.54) is 18.6 Å². The highest BCUT2D eigenvalue weighted by molar-refractivity contribution is 5.91. The van der Waals surface area contributed by atoms with Gasteiger partial charge in [0, 0.05) is 18.2 Å². The first-order valence-electron chi connectivity index (χ1n) is 7.90. The summed E-state index contributed by atoms with van der Waals surface area (Å²) in [5.41, 5.74) is 0.0678. The molecule has 2 N–H and O–H groups in total. The summed E-state index contributed by atoms with van der Waals surface area (Å²) < 4.78 is 0. The van der Waals surface area contributed by atoms with Gasteiger partial charge in [0.15, 0.2) is 0 Å². The van der Waals surface area contributed by atoms with Crippen LogP contribution in [-0.4, -0.2) is 42.0 Å². The summed E-state index contributed by atoms with van der Waals surface area (Å²) in [6.07, 6.45) is 5.65. The van der Waals surface area contributed by atoms with E-state index in [4.69, 9.17) is 0 Å². The summed E-state index contributed by atoms with van der Waals surface area (Å²) in [4.78, 5) is 24.8. The lowest BCUT2D eigenvalue weighted by molar-refractivity contribution is -0.383. The zero-order valence-corrected chi connectivity index (χ0v) is 13.7. The zero-order chi connectivity index (χ0) is 16.9. The average Bonchev–Trinajstić information content (AvgIpc) is 2.54. The summed E-state index contributed by atoms with van der Waals surface area (Å²) in [6, 6.07) is 5.72. The third-order valence-electron chi connectivity index (χ3n) is 4.66. The van der Waals surface area contributed by atoms with Crippen LogP contribution in [0.25, 0.3) is 0 Å². The van der Waals surface area contributed by atoms with Gasteiger partial charge in [-0.05, 0) is 33.0 Å². The van der Waals surface area contributed by atoms with E-state index >= 15 is 0 Å². The number of hydrogen-bond donors (Lipinski definition) is 2. The summed E-state index contributed by atoms with van der Waals surface area (Å²) in [5.74, 6) is 0. The van der Waals surface area contributed by atoms with Crippen LogP contribution in [0.15, 0.2) is 24.3 Å². The third kappa shape index (κ3) is 4.19. The minimum atomic E-state index is -0.502. The molecule has 0 spiro atoms. The van der Waals surface area contributed by atoms with Crippen molar-refractivity contribution in [3.63, 3.8) is 0 Å². The van der Waals surface area contributed by atoms with Crippen LogP contribution >= 0.6 is 0 Å². The minimum absolute atomic E-state index is 0.0296. The van der Waals surface area contributed by atoms with Crippen LogP contribution in [0.2, 0.25) is 0 Å². The Kier molecular flexibility index (Phi) is 5.54. The molecule has 7 heteroatoms. The number of amides is 2. The first kappa shape index (κ1) is 17.2. The predicted molar refractivity (Wildman–Crippen MR) is 89.6 cm³/mol. The molecule has 0 heterocycles. The van der Waals surface area contributed by atoms with Gasteiger partial charge in [-0.1, -0.05) is 31.4 Å². The molecule has 0 aromatic heterocycles. The van der Waals surface area contributed by atoms with Crippen molar-refractivity contribution in [3.8, 4) is 0 Å². The monoisotopic (exact) mass is 320 g/mol. The van der Waals surface area contributed by atoms with E-state index < -0.39 is 11.0 Å². The number of urea groups is 1. The lowest BCUT2D eigenvalue weighted by Crippen LogP contribution is -2.54. The van der Waals surface area contributed by atoms with Gasteiger partial charge in [0.1, 0.15) is 5.69 Å². The summed E-state index contributed by atoms with van der Waals surface area (Å²) in [5, 5.41) is 16.4. The number of para-hydroxylation sites is 2. The Balaban J connectivity index is 1.98. The molecular weight excluding hydrogens is 296 g/mol. The van der Waals surface area contributed by atoms with Crippen molar-refractivity contribution in [3.05, 3.63) is 34.4 Å². The van der Waals surface area contributed by atoms with Crippen LogP contribution in [0.1, 0.15) is 32.1 Å². The molecule has 126 valence electrons. The van der Waals surface area contributed by atoms with Gasteiger partial charge >= 0.3 is 6.03 Å². The molecule has 0 radical (unpaired) electrons. The highest BCUT2D eigenvalue weighted by Gasteiger charge is 2.34. The number of rotatable bonds is 5. The van der Waals surface area contributed by atoms with Crippen molar-refractivity contribution in [1.82, 2.24) is 10.2 Å². The van der Waals surface area contributed by atoms with Crippen LogP contribution in [0.5, 0.6) is 0 Å². The molecule has 0 unspecified atom stereocenters. The standard InChI is InChI=1S/C16H24N4O3/c1-19(2)16(10-6-3-7-11-16)12-17-15(21)18-13-8-4-5-9-14(13)20(22)23/h4-5,8-9H,3,6-7,10-12H2,1-2H3,(H2,17,18,21). The highest BCUT2D eigenvalue weighted by atomic mass is 16.6. The molecule has 1 saturated carbocycles. The van der Waals surface area contributed by atoms with E-state index in [1.807, 2.05) is 14.1 Å². The predicted octanol–water partition coefficient (Wildman–Crippen LogP) is 2.98. The van der Waals surface area contributed by atoms with Crippen LogP contribution in [0.3, 0.4) is 0 Å². The van der Waals surface area contributed by atoms with Crippen molar-refractivity contribution in [2.75, 3.05) is 26.0 Å². The van der Waals surface area contributed by atoms with Crippen molar-refractivity contribution in [2.24, 2.45) is 0 Å². The second kappa shape index (κ2) is 7.41. The van der Waals surface area contributed by atoms with E-state index in [-0.39, 0.29) is 16.9 Å². The lowest BCUT2D eigenvalue weighted by Gasteiger charge is -2.43. The normalized spacial score (nSPS) is 16.8. The number of anilines is 1. The Hall–Kier alpha value is -2.15. The molecule has 0 bridgehead atoms. The van der Waals surface area contributed by atoms with E-state index in [0.717, 1.165) is 25.7 Å². The second-order valence-electron chi connectivity index (χ2n) is 6.26. The number of nitro benzene ring substituents is 1. The molecular formula is C16H24N4O3. The minimum Gasteiger partial charge on any atom is -0.336 e. The molecule has 1 aromatic rings. The van der Waals surface area contributed by atoms with Gasteiger partial charge in [0.2, 0.25) is 0 Å². The maximum Gasteiger partial charge on any atom is 0.319 e. The SMILES string of the molecule is CN(C)C1(CNC(=O)Nc2ccccc2[N+](=O)[O-])CCCCC1. The van der Waals surface area contributed by atoms with Gasteiger partial charge in [0.25, 0.3) is 5.69 Å². The Morgan fingerprint density at radius 2 is 1.91 bits per heavy atom. The van der Waals surface area contributed by atoms with E-state index in [0.29, 0.717) is 6.54 Å². The quantitative estimate of drug-likeness (QED) is 0.645. The molecule has 2 amide bonds. The smallest absolute Gasteiger partial charge is 0.319 e. The van der Waals surface area contributed by atoms with Gasteiger partial charge in [-0.15, -0.1) is 0 Å². The molecule has 0 atom stereocenters. The van der Waals surface area contributed by atoms with Crippen LogP contribution in [0.4, 0.5) is 16.2 Å². The Bertz CT molecular complexity index is 568. The van der Waals surface area contributed by atoms with Crippen molar-refractivity contribution < 1.29 is 9.72 Å². The number of nitro groups is 1. The summed E-state index contributed by atoms with van der Waals surface area (Å²) in [7, 11) is 4.07. The molecule has 23 heavy (non-hydrogen) atoms. The molecule has 1 aliphatic carbocycles. The fourth-order valence-electron chi connectivity index (χ4n) is 3.14. The fraction of sp³-hybridized carbons (Fsp3) is 0.562. The fourth-order valence-corrected chi connectivity index (χ4v) is 3.14. The van der Waals surface area contributed by atoms with Crippen LogP contribution in [0, 0.1) is 10.1 Å². The van der Waals surface area contributed by atoms with Crippen molar-refractivity contribution in [2.45, 2.75) is 37.6 Å². The second-order valence-corrected chi connectivity index (χ2v) is 6.26. The van der Waals surface area contributed by atoms with E-state index in [1.54, 1.807) is 12.1 Å². The first-order valence-corrected chi connectivity index (χ1v) is 7.90. The molecule has 0 aliphatic heterocycles. The number of benzene rings is 1. The summed E-state index contributed by atoms with van der Waals surface area (Å²) >= 11 is 0. The number of nitrogens with zero attached hydrogens (tertiary/aromatic N) is 2. The zero-order valence-electron chi connectivity index (χ0n) is 13.7. The molecule has 0 saturated heterocycles. The number of hydrogen-bond acceptors (Lipinski definition) is 4. The number of carbonyl (C=O) groups excluding carboxylic acids is 1. The molecule has 2 rings (SSSR count). The molecule has 7 nitrogen and oxygen atoms in total. The van der Waals surface area contributed by atoms with Gasteiger partial charge in [0.05, 0.1) is 4.92 Å².